The largest absolute Gasteiger partial charge is 0.496 e. The van der Waals surface area contributed by atoms with Crippen molar-refractivity contribution in [1.82, 2.24) is 0 Å². The minimum Gasteiger partial charge on any atom is -0.496 e. The summed E-state index contributed by atoms with van der Waals surface area (Å²) >= 11 is 5.75. The predicted molar refractivity (Wildman–Crippen MR) is 51.8 cm³/mol. The monoisotopic (exact) mass is 199 g/mol. The molecule has 1 aromatic carbocycles. The van der Waals surface area contributed by atoms with E-state index in [1.807, 2.05) is 0 Å². The highest BCUT2D eigenvalue weighted by Crippen LogP contribution is 2.23. The van der Waals surface area contributed by atoms with Gasteiger partial charge in [0.25, 0.3) is 0 Å². The van der Waals surface area contributed by atoms with Crippen molar-refractivity contribution in [3.05, 3.63) is 28.8 Å². The molecule has 0 atom stereocenters. The number of hydrogen-bond donors (Lipinski definition) is 1. The number of ether oxygens (including phenoxy) is 2. The summed E-state index contributed by atoms with van der Waals surface area (Å²) in [4.78, 5) is 0. The van der Waals surface area contributed by atoms with Gasteiger partial charge in [0, 0.05) is 5.02 Å². The average Bonchev–Trinajstić information content (AvgIpc) is 2.16. The third kappa shape index (κ3) is 2.12. The fraction of sp³-hybridized carbons (Fsp3) is 0.222. The number of hydrogen-bond acceptors (Lipinski definition) is 3. The van der Waals surface area contributed by atoms with Crippen molar-refractivity contribution in [3.63, 3.8) is 0 Å². The standard InChI is InChI=1S/C9H10ClNO2/c1-12-8-5-6(10)3-4-7(8)9(11)13-2/h3-5,11H,1-2H3. The van der Waals surface area contributed by atoms with Gasteiger partial charge in [0.1, 0.15) is 5.75 Å². The second kappa shape index (κ2) is 4.14. The summed E-state index contributed by atoms with van der Waals surface area (Å²) in [5.74, 6) is 0.605. The predicted octanol–water partition coefficient (Wildman–Crippen LogP) is 2.32. The van der Waals surface area contributed by atoms with E-state index < -0.39 is 0 Å². The molecule has 1 aromatic rings. The molecule has 0 radical (unpaired) electrons. The molecule has 0 fully saturated rings. The van der Waals surface area contributed by atoms with Gasteiger partial charge >= 0.3 is 0 Å². The zero-order chi connectivity index (χ0) is 9.84. The van der Waals surface area contributed by atoms with Gasteiger partial charge in [-0.05, 0) is 18.2 Å². The first-order valence-electron chi connectivity index (χ1n) is 3.65. The van der Waals surface area contributed by atoms with Crippen molar-refractivity contribution in [3.8, 4) is 5.75 Å². The molecule has 0 bridgehead atoms. The molecule has 0 spiro atoms. The van der Waals surface area contributed by atoms with Gasteiger partial charge < -0.3 is 9.47 Å². The van der Waals surface area contributed by atoms with Crippen LogP contribution in [0.4, 0.5) is 0 Å². The number of methoxy groups -OCH3 is 2. The van der Waals surface area contributed by atoms with Crippen LogP contribution in [0, 0.1) is 5.41 Å². The lowest BCUT2D eigenvalue weighted by molar-refractivity contribution is 0.388. The molecule has 0 aliphatic rings. The Hall–Kier alpha value is -1.22. The molecule has 70 valence electrons. The number of benzene rings is 1. The van der Waals surface area contributed by atoms with E-state index in [0.29, 0.717) is 16.3 Å². The van der Waals surface area contributed by atoms with Crippen LogP contribution in [0.1, 0.15) is 5.56 Å². The van der Waals surface area contributed by atoms with Crippen LogP contribution < -0.4 is 4.74 Å². The summed E-state index contributed by atoms with van der Waals surface area (Å²) in [5, 5.41) is 8.02. The maximum Gasteiger partial charge on any atom is 0.216 e. The van der Waals surface area contributed by atoms with E-state index in [9.17, 15) is 0 Å². The highest BCUT2D eigenvalue weighted by Gasteiger charge is 2.08. The summed E-state index contributed by atoms with van der Waals surface area (Å²) in [5.41, 5.74) is 0.592. The van der Waals surface area contributed by atoms with Gasteiger partial charge in [0.2, 0.25) is 5.90 Å². The average molecular weight is 200 g/mol. The van der Waals surface area contributed by atoms with Crippen molar-refractivity contribution in [2.24, 2.45) is 0 Å². The van der Waals surface area contributed by atoms with Crippen LogP contribution in [-0.2, 0) is 4.74 Å². The maximum absolute atomic E-state index is 7.45. The van der Waals surface area contributed by atoms with Crippen LogP contribution in [0.2, 0.25) is 5.02 Å². The van der Waals surface area contributed by atoms with Gasteiger partial charge in [0.15, 0.2) is 0 Å². The molecule has 3 nitrogen and oxygen atoms in total. The molecule has 13 heavy (non-hydrogen) atoms. The Morgan fingerprint density at radius 2 is 2.08 bits per heavy atom. The lowest BCUT2D eigenvalue weighted by Gasteiger charge is -2.08. The second-order valence-electron chi connectivity index (χ2n) is 2.38. The Bertz CT molecular complexity index is 325. The third-order valence-electron chi connectivity index (χ3n) is 1.61. The molecule has 0 heterocycles. The summed E-state index contributed by atoms with van der Waals surface area (Å²) in [7, 11) is 2.97. The third-order valence-corrected chi connectivity index (χ3v) is 1.85. The lowest BCUT2D eigenvalue weighted by atomic mass is 10.2. The van der Waals surface area contributed by atoms with Crippen LogP contribution in [0.15, 0.2) is 18.2 Å². The molecule has 0 saturated heterocycles. The molecular formula is C9H10ClNO2. The summed E-state index contributed by atoms with van der Waals surface area (Å²) in [6.07, 6.45) is 0. The molecule has 0 aliphatic heterocycles. The van der Waals surface area contributed by atoms with Crippen molar-refractivity contribution in [2.45, 2.75) is 0 Å². The first kappa shape index (κ1) is 9.86. The van der Waals surface area contributed by atoms with E-state index in [0.717, 1.165) is 0 Å². The van der Waals surface area contributed by atoms with Gasteiger partial charge in [-0.25, -0.2) is 0 Å². The summed E-state index contributed by atoms with van der Waals surface area (Å²) in [6.45, 7) is 0. The molecule has 0 aromatic heterocycles. The molecular weight excluding hydrogens is 190 g/mol. The number of halogens is 1. The fourth-order valence-electron chi connectivity index (χ4n) is 0.963. The van der Waals surface area contributed by atoms with Gasteiger partial charge in [-0.2, -0.15) is 0 Å². The van der Waals surface area contributed by atoms with Crippen molar-refractivity contribution in [1.29, 1.82) is 5.41 Å². The van der Waals surface area contributed by atoms with E-state index >= 15 is 0 Å². The van der Waals surface area contributed by atoms with E-state index in [1.165, 1.54) is 14.2 Å². The maximum atomic E-state index is 7.45. The molecule has 1 N–H and O–H groups in total. The van der Waals surface area contributed by atoms with Crippen molar-refractivity contribution >= 4 is 17.5 Å². The Morgan fingerprint density at radius 1 is 1.38 bits per heavy atom. The van der Waals surface area contributed by atoms with E-state index in [2.05, 4.69) is 0 Å². The molecule has 0 saturated carbocycles. The quantitative estimate of drug-likeness (QED) is 0.587. The first-order valence-corrected chi connectivity index (χ1v) is 4.03. The molecule has 0 aliphatic carbocycles. The molecule has 1 rings (SSSR count). The Kier molecular flexibility index (Phi) is 3.14. The van der Waals surface area contributed by atoms with Crippen LogP contribution in [0.5, 0.6) is 5.75 Å². The zero-order valence-electron chi connectivity index (χ0n) is 7.43. The van der Waals surface area contributed by atoms with E-state index in [-0.39, 0.29) is 5.90 Å². The topological polar surface area (TPSA) is 42.3 Å². The minimum atomic E-state index is 0.0634. The fourth-order valence-corrected chi connectivity index (χ4v) is 1.12. The lowest BCUT2D eigenvalue weighted by Crippen LogP contribution is -2.03. The molecule has 0 amide bonds. The molecule has 4 heteroatoms. The van der Waals surface area contributed by atoms with Gasteiger partial charge in [-0.3, -0.25) is 5.41 Å². The Labute approximate surface area is 81.7 Å². The van der Waals surface area contributed by atoms with Crippen LogP contribution >= 0.6 is 11.6 Å². The number of nitrogens with one attached hydrogen (secondary N) is 1. The van der Waals surface area contributed by atoms with Crippen molar-refractivity contribution < 1.29 is 9.47 Å². The van der Waals surface area contributed by atoms with Crippen LogP contribution in [0.3, 0.4) is 0 Å². The summed E-state index contributed by atoms with van der Waals surface area (Å²) in [6, 6.07) is 5.02. The van der Waals surface area contributed by atoms with Crippen LogP contribution in [0.25, 0.3) is 0 Å². The van der Waals surface area contributed by atoms with Crippen LogP contribution in [-0.4, -0.2) is 20.1 Å². The Morgan fingerprint density at radius 3 is 2.62 bits per heavy atom. The highest BCUT2D eigenvalue weighted by molar-refractivity contribution is 6.30. The van der Waals surface area contributed by atoms with Crippen molar-refractivity contribution in [2.75, 3.05) is 14.2 Å². The highest BCUT2D eigenvalue weighted by atomic mass is 35.5. The minimum absolute atomic E-state index is 0.0634. The number of rotatable bonds is 2. The van der Waals surface area contributed by atoms with Gasteiger partial charge in [0.05, 0.1) is 19.8 Å². The Balaban J connectivity index is 3.13. The second-order valence-corrected chi connectivity index (χ2v) is 2.81. The van der Waals surface area contributed by atoms with E-state index in [1.54, 1.807) is 18.2 Å². The smallest absolute Gasteiger partial charge is 0.216 e. The summed E-state index contributed by atoms with van der Waals surface area (Å²) < 4.78 is 9.82. The normalized spacial score (nSPS) is 9.46. The van der Waals surface area contributed by atoms with Gasteiger partial charge in [-0.15, -0.1) is 0 Å². The zero-order valence-corrected chi connectivity index (χ0v) is 8.18. The SMILES string of the molecule is COC(=N)c1ccc(Cl)cc1OC. The van der Waals surface area contributed by atoms with Gasteiger partial charge in [-0.1, -0.05) is 11.6 Å². The first-order chi connectivity index (χ1) is 6.19. The van der Waals surface area contributed by atoms with E-state index in [4.69, 9.17) is 26.5 Å². The molecule has 0 unspecified atom stereocenters.